The van der Waals surface area contributed by atoms with Gasteiger partial charge in [-0.15, -0.1) is 0 Å². The molecule has 4 aliphatic heterocycles. The zero-order valence-electron chi connectivity index (χ0n) is 37.5. The van der Waals surface area contributed by atoms with E-state index in [4.69, 9.17) is 37.9 Å². The average Bonchev–Trinajstić information content (AvgIpc) is 3.50. The van der Waals surface area contributed by atoms with Crippen molar-refractivity contribution in [2.75, 3.05) is 26.4 Å². The molecule has 14 N–H and O–H groups in total. The molecule has 4 heterocycles. The Kier molecular flexibility index (Phi) is 15.0. The summed E-state index contributed by atoms with van der Waals surface area (Å²) in [7, 11) is 0. The van der Waals surface area contributed by atoms with Gasteiger partial charge in [0.2, 0.25) is 6.29 Å². The monoisotopic (exact) mass is 966 g/mol. The van der Waals surface area contributed by atoms with Crippen LogP contribution >= 0.6 is 0 Å². The summed E-state index contributed by atoms with van der Waals surface area (Å²) in [5, 5.41) is 148. The van der Waals surface area contributed by atoms with Crippen LogP contribution in [0.25, 0.3) is 0 Å². The molecule has 0 aromatic heterocycles. The third-order valence-electron chi connectivity index (χ3n) is 17.1. The molecule has 4 saturated heterocycles. The smallest absolute Gasteiger partial charge is 0.314 e. The highest BCUT2D eigenvalue weighted by atomic mass is 16.8. The van der Waals surface area contributed by atoms with E-state index in [9.17, 15) is 76.3 Å². The lowest BCUT2D eigenvalue weighted by Crippen LogP contribution is -2.68. The molecule has 4 saturated carbocycles. The first-order chi connectivity index (χ1) is 31.6. The van der Waals surface area contributed by atoms with E-state index < -0.39 is 177 Å². The molecule has 22 unspecified atom stereocenters. The Morgan fingerprint density at radius 1 is 0.567 bits per heavy atom. The summed E-state index contributed by atoms with van der Waals surface area (Å²) >= 11 is 0. The highest BCUT2D eigenvalue weighted by Gasteiger charge is 2.70. The van der Waals surface area contributed by atoms with Gasteiger partial charge < -0.3 is 109 Å². The van der Waals surface area contributed by atoms with Crippen LogP contribution in [0.15, 0.2) is 12.2 Å². The van der Waals surface area contributed by atoms with E-state index in [-0.39, 0.29) is 11.8 Å². The molecule has 2 bridgehead atoms. The van der Waals surface area contributed by atoms with Crippen molar-refractivity contribution in [3.05, 3.63) is 12.2 Å². The Morgan fingerprint density at radius 2 is 1.03 bits per heavy atom. The quantitative estimate of drug-likeness (QED) is 0.0494. The molecule has 26 atom stereocenters. The number of hydrogen-bond donors (Lipinski definition) is 14. The number of carbonyl (C=O) groups excluding carboxylic acids is 1. The SMILES string of the molecule is C=C1C[C@@]23CCC4[C@@](C)(CCC[C@@]4(C)C(=O)OC4OC(CO)C(O)C(O)C4O)C2CC[C@]1(OC1OC(CO)C(O)C(OC2OC(CO)C(O)C(O)C2O)C1OC1OC(CO)C(O)C(O)C1O)C3. The molecular weight excluding hydrogens is 896 g/mol. The standard InChI is InChI=1S/C44H70O23/c1-17-11-43-9-5-22-41(2,7-4-8-42(22,3)40(59)66-38-33(58)30(55)26(51)20(14-47)62-38)23(43)6-10-44(17,16-43)67-39-35(65-37-32(57)29(54)25(50)19(13-46)61-37)34(27(52)21(15-48)63-39)64-36-31(56)28(53)24(49)18(12-45)60-36/h18-39,45-58H,1,4-16H2,2-3H3/t18?,19?,20?,21?,22?,23?,24?,25?,26?,27?,28?,29?,30?,31?,32?,33?,34?,35?,36?,37?,38?,39?,41-,42-,43-,44+/m1/s1. The number of fused-ring (bicyclic) bond motifs is 3. The van der Waals surface area contributed by atoms with E-state index >= 15 is 0 Å². The van der Waals surface area contributed by atoms with Crippen LogP contribution in [0.4, 0.5) is 0 Å². The van der Waals surface area contributed by atoms with Crippen molar-refractivity contribution in [1.29, 1.82) is 0 Å². The fourth-order valence-corrected chi connectivity index (χ4v) is 13.5. The maximum absolute atomic E-state index is 14.3. The van der Waals surface area contributed by atoms with Gasteiger partial charge in [-0.1, -0.05) is 19.9 Å². The minimum Gasteiger partial charge on any atom is -0.432 e. The van der Waals surface area contributed by atoms with Crippen molar-refractivity contribution >= 4 is 5.97 Å². The summed E-state index contributed by atoms with van der Waals surface area (Å²) in [4.78, 5) is 14.3. The summed E-state index contributed by atoms with van der Waals surface area (Å²) in [6, 6.07) is 0. The molecule has 0 aromatic rings. The average molecular weight is 967 g/mol. The predicted octanol–water partition coefficient (Wildman–Crippen LogP) is -5.11. The normalized spacial score (nSPS) is 54.5. The van der Waals surface area contributed by atoms with Crippen LogP contribution < -0.4 is 0 Å². The fraction of sp³-hybridized carbons (Fsp3) is 0.932. The second-order valence-electron chi connectivity index (χ2n) is 20.8. The van der Waals surface area contributed by atoms with Gasteiger partial charge in [0, 0.05) is 0 Å². The van der Waals surface area contributed by atoms with Gasteiger partial charge in [-0.05, 0) is 86.5 Å². The van der Waals surface area contributed by atoms with Crippen LogP contribution in [0.1, 0.15) is 71.6 Å². The number of hydrogen-bond acceptors (Lipinski definition) is 23. The van der Waals surface area contributed by atoms with E-state index in [2.05, 4.69) is 13.5 Å². The van der Waals surface area contributed by atoms with Crippen molar-refractivity contribution in [3.63, 3.8) is 0 Å². The Morgan fingerprint density at radius 3 is 1.57 bits per heavy atom. The van der Waals surface area contributed by atoms with E-state index in [0.29, 0.717) is 56.9 Å². The number of aliphatic hydroxyl groups is 14. The Hall–Kier alpha value is -1.63. The molecule has 23 heteroatoms. The Balaban J connectivity index is 1.06. The molecule has 1 spiro atoms. The van der Waals surface area contributed by atoms with Crippen molar-refractivity contribution in [2.24, 2.45) is 28.1 Å². The van der Waals surface area contributed by atoms with Crippen molar-refractivity contribution in [1.82, 2.24) is 0 Å². The lowest BCUT2D eigenvalue weighted by atomic mass is 9.41. The second kappa shape index (κ2) is 19.4. The molecule has 8 aliphatic rings. The Bertz CT molecular complexity index is 1760. The Labute approximate surface area is 386 Å². The highest BCUT2D eigenvalue weighted by Crippen LogP contribution is 2.74. The zero-order chi connectivity index (χ0) is 48.7. The van der Waals surface area contributed by atoms with Gasteiger partial charge in [0.15, 0.2) is 18.9 Å². The number of esters is 1. The van der Waals surface area contributed by atoms with Gasteiger partial charge in [0.25, 0.3) is 0 Å². The maximum atomic E-state index is 14.3. The van der Waals surface area contributed by atoms with E-state index in [1.807, 2.05) is 6.92 Å². The van der Waals surface area contributed by atoms with Crippen LogP contribution in [-0.2, 0) is 42.7 Å². The highest BCUT2D eigenvalue weighted by molar-refractivity contribution is 5.77. The summed E-state index contributed by atoms with van der Waals surface area (Å²) in [5.41, 5.74) is -2.33. The zero-order valence-corrected chi connectivity index (χ0v) is 37.5. The first-order valence-corrected chi connectivity index (χ1v) is 23.4. The fourth-order valence-electron chi connectivity index (χ4n) is 13.5. The van der Waals surface area contributed by atoms with Gasteiger partial charge in [0.1, 0.15) is 97.7 Å². The van der Waals surface area contributed by atoms with Crippen LogP contribution in [0.3, 0.4) is 0 Å². The molecule has 23 nitrogen and oxygen atoms in total. The second-order valence-corrected chi connectivity index (χ2v) is 20.8. The molecule has 384 valence electrons. The van der Waals surface area contributed by atoms with Gasteiger partial charge in [-0.2, -0.15) is 0 Å². The van der Waals surface area contributed by atoms with Gasteiger partial charge in [-0.3, -0.25) is 4.79 Å². The third-order valence-corrected chi connectivity index (χ3v) is 17.1. The van der Waals surface area contributed by atoms with Crippen LogP contribution in [0, 0.1) is 28.1 Å². The number of ether oxygens (including phenoxy) is 8. The number of aliphatic hydroxyl groups excluding tert-OH is 14. The lowest BCUT2D eigenvalue weighted by molar-refractivity contribution is -0.400. The predicted molar refractivity (Wildman–Crippen MR) is 219 cm³/mol. The largest absolute Gasteiger partial charge is 0.432 e. The topological polar surface area (TPSA) is 374 Å². The van der Waals surface area contributed by atoms with Crippen molar-refractivity contribution in [3.8, 4) is 0 Å². The molecule has 4 aliphatic carbocycles. The first kappa shape index (κ1) is 51.7. The molecule has 8 rings (SSSR count). The van der Waals surface area contributed by atoms with Crippen LogP contribution in [-0.4, -0.2) is 232 Å². The van der Waals surface area contributed by atoms with Crippen molar-refractivity contribution < 1.29 is 114 Å². The molecule has 0 amide bonds. The number of rotatable bonds is 12. The molecule has 8 fully saturated rings. The third kappa shape index (κ3) is 8.63. The van der Waals surface area contributed by atoms with Crippen LogP contribution in [0.2, 0.25) is 0 Å². The molecule has 0 aromatic carbocycles. The minimum absolute atomic E-state index is 0.0251. The number of carbonyl (C=O) groups is 1. The summed E-state index contributed by atoms with van der Waals surface area (Å²) in [6.07, 6.45) is -29.1. The van der Waals surface area contributed by atoms with Gasteiger partial charge in [-0.25, -0.2) is 0 Å². The van der Waals surface area contributed by atoms with Crippen molar-refractivity contribution in [2.45, 2.75) is 200 Å². The van der Waals surface area contributed by atoms with Gasteiger partial charge in [0.05, 0.1) is 37.4 Å². The minimum atomic E-state index is -1.95. The van der Waals surface area contributed by atoms with E-state index in [1.165, 1.54) is 0 Å². The van der Waals surface area contributed by atoms with Crippen LogP contribution in [0.5, 0.6) is 0 Å². The molecule has 67 heavy (non-hydrogen) atoms. The summed E-state index contributed by atoms with van der Waals surface area (Å²) < 4.78 is 48.2. The molecular formula is C44H70O23. The lowest BCUT2D eigenvalue weighted by Gasteiger charge is -2.64. The summed E-state index contributed by atoms with van der Waals surface area (Å²) in [5.74, 6) is -0.805. The van der Waals surface area contributed by atoms with E-state index in [0.717, 1.165) is 6.42 Å². The maximum Gasteiger partial charge on any atom is 0.314 e. The molecule has 0 radical (unpaired) electrons. The van der Waals surface area contributed by atoms with Gasteiger partial charge >= 0.3 is 5.97 Å². The van der Waals surface area contributed by atoms with E-state index in [1.54, 1.807) is 0 Å². The summed E-state index contributed by atoms with van der Waals surface area (Å²) in [6.45, 7) is 5.41. The first-order valence-electron chi connectivity index (χ1n) is 23.4.